The summed E-state index contributed by atoms with van der Waals surface area (Å²) in [5, 5.41) is 0. The molecular formula is C14H20N2O. The third-order valence-corrected chi connectivity index (χ3v) is 3.61. The summed E-state index contributed by atoms with van der Waals surface area (Å²) in [6.07, 6.45) is 2.74. The lowest BCUT2D eigenvalue weighted by Crippen LogP contribution is -2.30. The van der Waals surface area contributed by atoms with Crippen LogP contribution in [-0.4, -0.2) is 23.9 Å². The number of benzene rings is 1. The number of rotatable bonds is 3. The summed E-state index contributed by atoms with van der Waals surface area (Å²) < 4.78 is 0. The molecule has 1 saturated heterocycles. The number of likely N-dealkylation sites (tertiary alicyclic amines) is 1. The first kappa shape index (κ1) is 12.0. The van der Waals surface area contributed by atoms with E-state index in [2.05, 4.69) is 6.92 Å². The summed E-state index contributed by atoms with van der Waals surface area (Å²) in [7, 11) is 0. The quantitative estimate of drug-likeness (QED) is 0.811. The fraction of sp³-hybridized carbons (Fsp3) is 0.500. The molecule has 1 aromatic carbocycles. The van der Waals surface area contributed by atoms with Gasteiger partial charge >= 0.3 is 0 Å². The predicted molar refractivity (Wildman–Crippen MR) is 69.5 cm³/mol. The molecule has 1 aliphatic heterocycles. The lowest BCUT2D eigenvalue weighted by atomic mass is 10.1. The molecule has 0 aliphatic carbocycles. The lowest BCUT2D eigenvalue weighted by Gasteiger charge is -2.16. The first-order valence-electron chi connectivity index (χ1n) is 6.32. The number of nitrogens with two attached hydrogens (primary N) is 1. The van der Waals surface area contributed by atoms with Gasteiger partial charge in [-0.15, -0.1) is 0 Å². The van der Waals surface area contributed by atoms with Crippen LogP contribution in [0.4, 0.5) is 5.69 Å². The van der Waals surface area contributed by atoms with Crippen molar-refractivity contribution in [3.8, 4) is 0 Å². The molecule has 3 nitrogen and oxygen atoms in total. The Bertz CT molecular complexity index is 403. The Labute approximate surface area is 103 Å². The highest BCUT2D eigenvalue weighted by molar-refractivity contribution is 5.80. The molecule has 0 spiro atoms. The van der Waals surface area contributed by atoms with E-state index in [1.165, 1.54) is 0 Å². The van der Waals surface area contributed by atoms with E-state index in [1.807, 2.05) is 29.2 Å². The number of hydrogen-bond acceptors (Lipinski definition) is 2. The van der Waals surface area contributed by atoms with E-state index in [0.29, 0.717) is 18.0 Å². The van der Waals surface area contributed by atoms with E-state index < -0.39 is 0 Å². The van der Waals surface area contributed by atoms with Crippen molar-refractivity contribution in [1.82, 2.24) is 4.90 Å². The van der Waals surface area contributed by atoms with Gasteiger partial charge in [-0.25, -0.2) is 0 Å². The van der Waals surface area contributed by atoms with Crippen LogP contribution in [0.15, 0.2) is 24.3 Å². The second-order valence-electron chi connectivity index (χ2n) is 4.78. The first-order valence-corrected chi connectivity index (χ1v) is 6.32. The van der Waals surface area contributed by atoms with Crippen LogP contribution >= 0.6 is 0 Å². The van der Waals surface area contributed by atoms with Crippen LogP contribution in [0.1, 0.15) is 25.3 Å². The van der Waals surface area contributed by atoms with Gasteiger partial charge in [-0.05, 0) is 24.0 Å². The Kier molecular flexibility index (Phi) is 3.67. The smallest absolute Gasteiger partial charge is 0.227 e. The Morgan fingerprint density at radius 1 is 1.47 bits per heavy atom. The highest BCUT2D eigenvalue weighted by atomic mass is 16.2. The average Bonchev–Trinajstić information content (AvgIpc) is 2.81. The minimum absolute atomic E-state index is 0.207. The molecule has 1 fully saturated rings. The minimum Gasteiger partial charge on any atom is -0.398 e. The van der Waals surface area contributed by atoms with E-state index in [0.717, 1.165) is 31.5 Å². The molecule has 1 heterocycles. The molecule has 92 valence electrons. The fourth-order valence-corrected chi connectivity index (χ4v) is 2.36. The molecule has 1 aliphatic rings. The molecule has 2 N–H and O–H groups in total. The minimum atomic E-state index is 0.207. The largest absolute Gasteiger partial charge is 0.398 e. The van der Waals surface area contributed by atoms with Gasteiger partial charge in [0.2, 0.25) is 5.91 Å². The molecule has 0 bridgehead atoms. The standard InChI is InChI=1S/C14H20N2O/c1-2-11-7-8-16(10-11)14(17)9-12-5-3-4-6-13(12)15/h3-6,11H,2,7-10,15H2,1H3. The Balaban J connectivity index is 1.96. The molecule has 3 heteroatoms. The summed E-state index contributed by atoms with van der Waals surface area (Å²) in [6, 6.07) is 7.60. The van der Waals surface area contributed by atoms with Crippen molar-refractivity contribution in [3.63, 3.8) is 0 Å². The number of anilines is 1. The van der Waals surface area contributed by atoms with Crippen molar-refractivity contribution in [2.45, 2.75) is 26.2 Å². The highest BCUT2D eigenvalue weighted by Gasteiger charge is 2.24. The van der Waals surface area contributed by atoms with Crippen molar-refractivity contribution in [2.24, 2.45) is 5.92 Å². The Morgan fingerprint density at radius 3 is 2.88 bits per heavy atom. The van der Waals surface area contributed by atoms with E-state index in [-0.39, 0.29) is 5.91 Å². The van der Waals surface area contributed by atoms with Crippen molar-refractivity contribution in [2.75, 3.05) is 18.8 Å². The van der Waals surface area contributed by atoms with E-state index in [9.17, 15) is 4.79 Å². The molecule has 2 rings (SSSR count). The number of para-hydroxylation sites is 1. The zero-order chi connectivity index (χ0) is 12.3. The number of hydrogen-bond donors (Lipinski definition) is 1. The van der Waals surface area contributed by atoms with Gasteiger partial charge in [-0.1, -0.05) is 31.5 Å². The van der Waals surface area contributed by atoms with Crippen molar-refractivity contribution in [1.29, 1.82) is 0 Å². The summed E-state index contributed by atoms with van der Waals surface area (Å²) in [4.78, 5) is 14.1. The Morgan fingerprint density at radius 2 is 2.24 bits per heavy atom. The van der Waals surface area contributed by atoms with Gasteiger partial charge in [-0.3, -0.25) is 4.79 Å². The first-order chi connectivity index (χ1) is 8.20. The molecule has 1 unspecified atom stereocenters. The molecule has 1 atom stereocenters. The van der Waals surface area contributed by atoms with E-state index >= 15 is 0 Å². The van der Waals surface area contributed by atoms with Crippen LogP contribution in [0.5, 0.6) is 0 Å². The van der Waals surface area contributed by atoms with Gasteiger partial charge in [0.15, 0.2) is 0 Å². The van der Waals surface area contributed by atoms with Crippen LogP contribution in [-0.2, 0) is 11.2 Å². The molecule has 1 aromatic rings. The maximum absolute atomic E-state index is 12.1. The maximum Gasteiger partial charge on any atom is 0.227 e. The third-order valence-electron chi connectivity index (χ3n) is 3.61. The normalized spacial score (nSPS) is 19.6. The highest BCUT2D eigenvalue weighted by Crippen LogP contribution is 2.20. The molecule has 1 amide bonds. The van der Waals surface area contributed by atoms with Gasteiger partial charge < -0.3 is 10.6 Å². The number of nitrogen functional groups attached to an aromatic ring is 1. The van der Waals surface area contributed by atoms with Crippen molar-refractivity contribution in [3.05, 3.63) is 29.8 Å². The van der Waals surface area contributed by atoms with Crippen molar-refractivity contribution >= 4 is 11.6 Å². The summed E-state index contributed by atoms with van der Waals surface area (Å²) in [6.45, 7) is 4.01. The number of carbonyl (C=O) groups is 1. The van der Waals surface area contributed by atoms with Gasteiger partial charge in [0, 0.05) is 18.8 Å². The van der Waals surface area contributed by atoms with Gasteiger partial charge in [0.25, 0.3) is 0 Å². The van der Waals surface area contributed by atoms with Crippen LogP contribution in [0.2, 0.25) is 0 Å². The topological polar surface area (TPSA) is 46.3 Å². The summed E-state index contributed by atoms with van der Waals surface area (Å²) in [5.74, 6) is 0.894. The Hall–Kier alpha value is -1.51. The van der Waals surface area contributed by atoms with Crippen LogP contribution < -0.4 is 5.73 Å². The van der Waals surface area contributed by atoms with E-state index in [4.69, 9.17) is 5.73 Å². The van der Waals surface area contributed by atoms with Crippen molar-refractivity contribution < 1.29 is 4.79 Å². The summed E-state index contributed by atoms with van der Waals surface area (Å²) in [5.41, 5.74) is 7.51. The van der Waals surface area contributed by atoms with Crippen LogP contribution in [0.3, 0.4) is 0 Å². The maximum atomic E-state index is 12.1. The second-order valence-corrected chi connectivity index (χ2v) is 4.78. The fourth-order valence-electron chi connectivity index (χ4n) is 2.36. The zero-order valence-electron chi connectivity index (χ0n) is 10.4. The van der Waals surface area contributed by atoms with Gasteiger partial charge in [0.05, 0.1) is 6.42 Å². The van der Waals surface area contributed by atoms with Gasteiger partial charge in [-0.2, -0.15) is 0 Å². The third kappa shape index (κ3) is 2.78. The van der Waals surface area contributed by atoms with Crippen LogP contribution in [0, 0.1) is 5.92 Å². The van der Waals surface area contributed by atoms with E-state index in [1.54, 1.807) is 0 Å². The van der Waals surface area contributed by atoms with Gasteiger partial charge in [0.1, 0.15) is 0 Å². The van der Waals surface area contributed by atoms with Crippen LogP contribution in [0.25, 0.3) is 0 Å². The molecule has 17 heavy (non-hydrogen) atoms. The molecule has 0 aromatic heterocycles. The summed E-state index contributed by atoms with van der Waals surface area (Å²) >= 11 is 0. The molecule has 0 saturated carbocycles. The molecular weight excluding hydrogens is 212 g/mol. The lowest BCUT2D eigenvalue weighted by molar-refractivity contribution is -0.129. The number of carbonyl (C=O) groups excluding carboxylic acids is 1. The monoisotopic (exact) mass is 232 g/mol. The number of amides is 1. The second kappa shape index (κ2) is 5.21. The average molecular weight is 232 g/mol. The zero-order valence-corrected chi connectivity index (χ0v) is 10.4. The molecule has 0 radical (unpaired) electrons. The predicted octanol–water partition coefficient (Wildman–Crippen LogP) is 2.07. The number of nitrogens with zero attached hydrogens (tertiary/aromatic N) is 1. The SMILES string of the molecule is CCC1CCN(C(=O)Cc2ccccc2N)C1.